The van der Waals surface area contributed by atoms with Crippen molar-refractivity contribution >= 4 is 82.3 Å². The number of hydrogen-bond donors (Lipinski definition) is 2. The molecule has 0 bridgehead atoms. The molecule has 4 nitrogen and oxygen atoms in total. The Balaban J connectivity index is 1.65. The van der Waals surface area contributed by atoms with Crippen molar-refractivity contribution in [3.05, 3.63) is 81.0 Å². The Morgan fingerprint density at radius 3 is 2.57 bits per heavy atom. The van der Waals surface area contributed by atoms with Crippen LogP contribution in [0.15, 0.2) is 69.6 Å². The van der Waals surface area contributed by atoms with Crippen molar-refractivity contribution < 1.29 is 9.18 Å². The number of para-hydroxylation sites is 1. The molecule has 150 valence electrons. The molecule has 0 aliphatic heterocycles. The van der Waals surface area contributed by atoms with Gasteiger partial charge in [0, 0.05) is 14.5 Å². The summed E-state index contributed by atoms with van der Waals surface area (Å²) in [5.74, 6) is -1.24. The van der Waals surface area contributed by atoms with Crippen molar-refractivity contribution in [3.8, 4) is 10.6 Å². The molecule has 0 aliphatic rings. The second-order valence-corrected chi connectivity index (χ2v) is 9.39. The maximum Gasteiger partial charge on any atom is 0.260 e. The van der Waals surface area contributed by atoms with Gasteiger partial charge in [0.2, 0.25) is 0 Å². The smallest absolute Gasteiger partial charge is 0.260 e. The molecule has 3 aromatic carbocycles. The fraction of sp³-hybridized carbons (Fsp3) is 0. The lowest BCUT2D eigenvalue weighted by Gasteiger charge is -2.15. The SMILES string of the molecule is O=C(NC(=S)Nc1c(Br)cc(Br)cc1-c1nc2ccccc2s1)c1ccccc1F. The van der Waals surface area contributed by atoms with E-state index in [4.69, 9.17) is 17.2 Å². The van der Waals surface area contributed by atoms with Gasteiger partial charge in [0.1, 0.15) is 10.8 Å². The summed E-state index contributed by atoms with van der Waals surface area (Å²) in [6, 6.07) is 17.4. The second kappa shape index (κ2) is 8.89. The lowest BCUT2D eigenvalue weighted by molar-refractivity contribution is 0.0974. The summed E-state index contributed by atoms with van der Waals surface area (Å²) < 4.78 is 16.5. The number of thiocarbonyl (C=S) groups is 1. The monoisotopic (exact) mass is 563 g/mol. The highest BCUT2D eigenvalue weighted by molar-refractivity contribution is 9.11. The highest BCUT2D eigenvalue weighted by Gasteiger charge is 2.18. The lowest BCUT2D eigenvalue weighted by Crippen LogP contribution is -2.34. The molecule has 30 heavy (non-hydrogen) atoms. The van der Waals surface area contributed by atoms with E-state index in [9.17, 15) is 9.18 Å². The quantitative estimate of drug-likeness (QED) is 0.270. The predicted octanol–water partition coefficient (Wildman–Crippen LogP) is 6.75. The summed E-state index contributed by atoms with van der Waals surface area (Å²) in [5, 5.41) is 6.41. The zero-order valence-corrected chi connectivity index (χ0v) is 19.9. The van der Waals surface area contributed by atoms with E-state index in [1.165, 1.54) is 18.2 Å². The number of thiazole rings is 1. The van der Waals surface area contributed by atoms with Gasteiger partial charge in [-0.3, -0.25) is 10.1 Å². The van der Waals surface area contributed by atoms with Gasteiger partial charge >= 0.3 is 0 Å². The molecule has 0 unspecified atom stereocenters. The van der Waals surface area contributed by atoms with Crippen LogP contribution in [0.5, 0.6) is 0 Å². The fourth-order valence-electron chi connectivity index (χ4n) is 2.82. The first-order chi connectivity index (χ1) is 14.4. The molecular weight excluding hydrogens is 553 g/mol. The molecule has 2 N–H and O–H groups in total. The van der Waals surface area contributed by atoms with Crippen molar-refractivity contribution in [3.63, 3.8) is 0 Å². The van der Waals surface area contributed by atoms with E-state index >= 15 is 0 Å². The van der Waals surface area contributed by atoms with Crippen LogP contribution >= 0.6 is 55.4 Å². The van der Waals surface area contributed by atoms with Gasteiger partial charge in [-0.15, -0.1) is 11.3 Å². The molecule has 0 saturated carbocycles. The minimum absolute atomic E-state index is 0.0497. The third-order valence-electron chi connectivity index (χ3n) is 4.16. The van der Waals surface area contributed by atoms with Crippen molar-refractivity contribution in [1.29, 1.82) is 0 Å². The van der Waals surface area contributed by atoms with E-state index in [1.54, 1.807) is 17.4 Å². The number of hydrogen-bond acceptors (Lipinski definition) is 4. The number of rotatable bonds is 3. The molecule has 0 atom stereocenters. The molecule has 4 rings (SSSR count). The molecule has 0 spiro atoms. The number of benzene rings is 3. The Kier molecular flexibility index (Phi) is 6.24. The van der Waals surface area contributed by atoms with Gasteiger partial charge in [0.25, 0.3) is 5.91 Å². The van der Waals surface area contributed by atoms with Crippen LogP contribution < -0.4 is 10.6 Å². The maximum absolute atomic E-state index is 13.9. The Morgan fingerprint density at radius 2 is 1.80 bits per heavy atom. The van der Waals surface area contributed by atoms with Crippen molar-refractivity contribution in [2.45, 2.75) is 0 Å². The average molecular weight is 565 g/mol. The molecule has 0 fully saturated rings. The van der Waals surface area contributed by atoms with Crippen LogP contribution in [0.4, 0.5) is 10.1 Å². The van der Waals surface area contributed by atoms with E-state index in [0.717, 1.165) is 29.7 Å². The topological polar surface area (TPSA) is 54.0 Å². The minimum atomic E-state index is -0.625. The first-order valence-electron chi connectivity index (χ1n) is 8.64. The first-order valence-corrected chi connectivity index (χ1v) is 11.5. The molecule has 4 aromatic rings. The standard InChI is InChI=1S/C21H12Br2FN3OS2/c22-11-9-13(20-25-16-7-3-4-8-17(16)30-20)18(14(23)10-11)26-21(29)27-19(28)12-5-1-2-6-15(12)24/h1-10H,(H2,26,27,28,29). The first kappa shape index (κ1) is 21.0. The van der Waals surface area contributed by atoms with Crippen molar-refractivity contribution in [2.75, 3.05) is 5.32 Å². The van der Waals surface area contributed by atoms with Gasteiger partial charge in [-0.2, -0.15) is 0 Å². The zero-order chi connectivity index (χ0) is 21.3. The second-order valence-electron chi connectivity index (χ2n) is 6.19. The number of carbonyl (C=O) groups is 1. The summed E-state index contributed by atoms with van der Waals surface area (Å²) in [6.07, 6.45) is 0. The maximum atomic E-state index is 13.9. The number of nitrogens with one attached hydrogen (secondary N) is 2. The molecule has 0 saturated heterocycles. The number of carbonyl (C=O) groups excluding carboxylic acids is 1. The number of fused-ring (bicyclic) bond motifs is 1. The third-order valence-corrected chi connectivity index (χ3v) is 6.52. The summed E-state index contributed by atoms with van der Waals surface area (Å²) in [7, 11) is 0. The Bertz CT molecular complexity index is 1260. The molecule has 1 heterocycles. The predicted molar refractivity (Wildman–Crippen MR) is 131 cm³/mol. The molecule has 1 amide bonds. The van der Waals surface area contributed by atoms with E-state index in [-0.39, 0.29) is 10.7 Å². The van der Waals surface area contributed by atoms with Crippen LogP contribution in [0.25, 0.3) is 20.8 Å². The number of anilines is 1. The van der Waals surface area contributed by atoms with Crippen molar-refractivity contribution in [1.82, 2.24) is 10.3 Å². The average Bonchev–Trinajstić information content (AvgIpc) is 3.14. The van der Waals surface area contributed by atoms with Crippen LogP contribution in [0.1, 0.15) is 10.4 Å². The van der Waals surface area contributed by atoms with Gasteiger partial charge in [-0.1, -0.05) is 40.2 Å². The van der Waals surface area contributed by atoms with E-state index in [1.807, 2.05) is 36.4 Å². The molecule has 0 radical (unpaired) electrons. The third kappa shape index (κ3) is 4.44. The van der Waals surface area contributed by atoms with Gasteiger partial charge in [-0.05, 0) is 64.5 Å². The minimum Gasteiger partial charge on any atom is -0.331 e. The van der Waals surface area contributed by atoms with Crippen LogP contribution in [0, 0.1) is 5.82 Å². The molecule has 9 heteroatoms. The van der Waals surface area contributed by atoms with Gasteiger partial charge in [0.05, 0.1) is 21.5 Å². The Labute approximate surface area is 197 Å². The Hall–Kier alpha value is -2.20. The number of halogens is 3. The highest BCUT2D eigenvalue weighted by Crippen LogP contribution is 2.40. The fourth-order valence-corrected chi connectivity index (χ4v) is 5.32. The highest BCUT2D eigenvalue weighted by atomic mass is 79.9. The number of amides is 1. The summed E-state index contributed by atoms with van der Waals surface area (Å²) in [5.41, 5.74) is 2.27. The van der Waals surface area contributed by atoms with Gasteiger partial charge in [-0.25, -0.2) is 9.37 Å². The lowest BCUT2D eigenvalue weighted by atomic mass is 10.2. The summed E-state index contributed by atoms with van der Waals surface area (Å²) in [6.45, 7) is 0. The largest absolute Gasteiger partial charge is 0.331 e. The van der Waals surface area contributed by atoms with E-state index < -0.39 is 11.7 Å². The van der Waals surface area contributed by atoms with Crippen LogP contribution in [-0.2, 0) is 0 Å². The van der Waals surface area contributed by atoms with Crippen LogP contribution in [0.2, 0.25) is 0 Å². The normalized spacial score (nSPS) is 10.8. The van der Waals surface area contributed by atoms with Crippen LogP contribution in [-0.4, -0.2) is 16.0 Å². The van der Waals surface area contributed by atoms with Crippen molar-refractivity contribution in [2.24, 2.45) is 0 Å². The molecule has 1 aromatic heterocycles. The number of aromatic nitrogens is 1. The zero-order valence-electron chi connectivity index (χ0n) is 15.1. The van der Waals surface area contributed by atoms with Gasteiger partial charge in [0.15, 0.2) is 5.11 Å². The van der Waals surface area contributed by atoms with E-state index in [2.05, 4.69) is 42.5 Å². The van der Waals surface area contributed by atoms with Gasteiger partial charge < -0.3 is 5.32 Å². The molecule has 0 aliphatic carbocycles. The Morgan fingerprint density at radius 1 is 1.07 bits per heavy atom. The summed E-state index contributed by atoms with van der Waals surface area (Å²) >= 11 is 13.9. The molecular formula is C21H12Br2FN3OS2. The summed E-state index contributed by atoms with van der Waals surface area (Å²) in [4.78, 5) is 17.1. The number of nitrogens with zero attached hydrogens (tertiary/aromatic N) is 1. The van der Waals surface area contributed by atoms with Crippen LogP contribution in [0.3, 0.4) is 0 Å². The van der Waals surface area contributed by atoms with E-state index in [0.29, 0.717) is 5.69 Å².